The van der Waals surface area contributed by atoms with Gasteiger partial charge in [-0.05, 0) is 40.2 Å². The minimum atomic E-state index is -0.380. The van der Waals surface area contributed by atoms with Crippen molar-refractivity contribution in [3.63, 3.8) is 0 Å². The maximum Gasteiger partial charge on any atom is 0.146 e. The Labute approximate surface area is 199 Å². The lowest BCUT2D eigenvalue weighted by molar-refractivity contribution is -0.118. The average molecular weight is 465 g/mol. The maximum absolute atomic E-state index is 11.4. The highest BCUT2D eigenvalue weighted by atomic mass is 16.5. The highest BCUT2D eigenvalue weighted by Gasteiger charge is 2.15. The third kappa shape index (κ3) is 12.0. The molecule has 9 nitrogen and oxygen atoms in total. The quantitative estimate of drug-likeness (QED) is 0.282. The first-order valence-corrected chi connectivity index (χ1v) is 11.9. The van der Waals surface area contributed by atoms with Crippen LogP contribution < -0.4 is 11.5 Å². The van der Waals surface area contributed by atoms with Gasteiger partial charge in [-0.25, -0.2) is 4.98 Å². The minimum Gasteiger partial charge on any atom is -0.403 e. The molecule has 1 rings (SSSR count). The number of ether oxygens (including phenoxy) is 2. The molecule has 0 bridgehead atoms. The monoisotopic (exact) mass is 464 g/mol. The molecule has 0 saturated heterocycles. The second kappa shape index (κ2) is 17.3. The van der Waals surface area contributed by atoms with Crippen molar-refractivity contribution in [2.24, 2.45) is 11.5 Å². The second-order valence-electron chi connectivity index (χ2n) is 7.96. The van der Waals surface area contributed by atoms with Crippen molar-refractivity contribution in [2.45, 2.75) is 59.2 Å². The van der Waals surface area contributed by atoms with Gasteiger partial charge in [-0.3, -0.25) is 9.69 Å². The van der Waals surface area contributed by atoms with E-state index in [9.17, 15) is 4.79 Å². The summed E-state index contributed by atoms with van der Waals surface area (Å²) in [4.78, 5) is 20.3. The van der Waals surface area contributed by atoms with Crippen molar-refractivity contribution in [3.8, 4) is 0 Å². The predicted molar refractivity (Wildman–Crippen MR) is 132 cm³/mol. The molecule has 0 amide bonds. The fourth-order valence-electron chi connectivity index (χ4n) is 3.42. The Kier molecular flexibility index (Phi) is 15.1. The second-order valence-corrected chi connectivity index (χ2v) is 7.96. The number of nitrogens with zero attached hydrogens (tertiary/aromatic N) is 4. The zero-order valence-corrected chi connectivity index (χ0v) is 20.7. The van der Waals surface area contributed by atoms with Crippen LogP contribution in [0.2, 0.25) is 0 Å². The van der Waals surface area contributed by atoms with E-state index in [1.54, 1.807) is 6.92 Å². The van der Waals surface area contributed by atoms with E-state index >= 15 is 0 Å². The molecule has 0 aliphatic rings. The number of hydrogen-bond acceptors (Lipinski definition) is 8. The number of rotatable bonds is 20. The fraction of sp³-hybridized carbons (Fsp3) is 0.667. The van der Waals surface area contributed by atoms with Crippen molar-refractivity contribution in [3.05, 3.63) is 42.9 Å². The van der Waals surface area contributed by atoms with Crippen LogP contribution in [0.3, 0.4) is 0 Å². The zero-order valence-electron chi connectivity index (χ0n) is 20.7. The van der Waals surface area contributed by atoms with Crippen LogP contribution in [0.25, 0.3) is 0 Å². The lowest BCUT2D eigenvalue weighted by atomic mass is 10.1. The lowest BCUT2D eigenvalue weighted by Crippen LogP contribution is -2.34. The summed E-state index contributed by atoms with van der Waals surface area (Å²) in [6, 6.07) is -0.380. The lowest BCUT2D eigenvalue weighted by Gasteiger charge is -2.29. The SMILES string of the molecule is C=C(CN(CCCC[C@H](N)C(C)=O)Cc1nccn1CCOCC)N(/C=C\N)CCOCC. The fourth-order valence-corrected chi connectivity index (χ4v) is 3.42. The van der Waals surface area contributed by atoms with E-state index in [2.05, 4.69) is 21.0 Å². The summed E-state index contributed by atoms with van der Waals surface area (Å²) in [5, 5.41) is 0. The van der Waals surface area contributed by atoms with Crippen molar-refractivity contribution >= 4 is 5.78 Å². The number of unbranched alkanes of at least 4 members (excludes halogenated alkanes) is 1. The zero-order chi connectivity index (χ0) is 24.5. The maximum atomic E-state index is 11.4. The number of imidazole rings is 1. The van der Waals surface area contributed by atoms with Crippen LogP contribution in [-0.2, 0) is 27.4 Å². The highest BCUT2D eigenvalue weighted by Crippen LogP contribution is 2.12. The molecule has 0 saturated carbocycles. The highest BCUT2D eigenvalue weighted by molar-refractivity contribution is 5.81. The van der Waals surface area contributed by atoms with E-state index in [4.69, 9.17) is 20.9 Å². The number of carbonyl (C=O) groups is 1. The molecule has 0 radical (unpaired) electrons. The van der Waals surface area contributed by atoms with E-state index in [1.165, 1.54) is 6.20 Å². The Morgan fingerprint density at radius 2 is 1.97 bits per heavy atom. The summed E-state index contributed by atoms with van der Waals surface area (Å²) >= 11 is 0. The Morgan fingerprint density at radius 3 is 2.64 bits per heavy atom. The van der Waals surface area contributed by atoms with Crippen molar-refractivity contribution in [1.29, 1.82) is 0 Å². The molecule has 1 heterocycles. The summed E-state index contributed by atoms with van der Waals surface area (Å²) in [6.45, 7) is 16.1. The molecule has 0 unspecified atom stereocenters. The number of nitrogens with two attached hydrogens (primary N) is 2. The Morgan fingerprint density at radius 1 is 1.24 bits per heavy atom. The van der Waals surface area contributed by atoms with Gasteiger partial charge < -0.3 is 30.4 Å². The first-order valence-electron chi connectivity index (χ1n) is 11.9. The van der Waals surface area contributed by atoms with Crippen LogP contribution in [0.4, 0.5) is 0 Å². The molecule has 9 heteroatoms. The molecule has 1 atom stereocenters. The summed E-state index contributed by atoms with van der Waals surface area (Å²) in [6.07, 6.45) is 9.67. The van der Waals surface area contributed by atoms with Gasteiger partial charge in [0.1, 0.15) is 11.6 Å². The summed E-state index contributed by atoms with van der Waals surface area (Å²) in [7, 11) is 0. The van der Waals surface area contributed by atoms with Gasteiger partial charge in [-0.1, -0.05) is 13.0 Å². The number of aromatic nitrogens is 2. The summed E-state index contributed by atoms with van der Waals surface area (Å²) in [5.74, 6) is 1.02. The van der Waals surface area contributed by atoms with Gasteiger partial charge in [0.05, 0.1) is 25.8 Å². The van der Waals surface area contributed by atoms with E-state index in [0.29, 0.717) is 52.5 Å². The molecular formula is C24H44N6O3. The smallest absolute Gasteiger partial charge is 0.146 e. The van der Waals surface area contributed by atoms with Crippen molar-refractivity contribution < 1.29 is 14.3 Å². The third-order valence-corrected chi connectivity index (χ3v) is 5.37. The molecule has 188 valence electrons. The van der Waals surface area contributed by atoms with Gasteiger partial charge in [0.15, 0.2) is 0 Å². The summed E-state index contributed by atoms with van der Waals surface area (Å²) < 4.78 is 13.1. The Bertz CT molecular complexity index is 706. The first kappa shape index (κ1) is 28.8. The van der Waals surface area contributed by atoms with Gasteiger partial charge in [-0.15, -0.1) is 0 Å². The van der Waals surface area contributed by atoms with Gasteiger partial charge >= 0.3 is 0 Å². The average Bonchev–Trinajstić information content (AvgIpc) is 3.22. The van der Waals surface area contributed by atoms with Gasteiger partial charge in [0.2, 0.25) is 0 Å². The summed E-state index contributed by atoms with van der Waals surface area (Å²) in [5.41, 5.74) is 12.5. The Balaban J connectivity index is 2.80. The molecular weight excluding hydrogens is 420 g/mol. The molecule has 4 N–H and O–H groups in total. The van der Waals surface area contributed by atoms with Gasteiger partial charge in [0.25, 0.3) is 0 Å². The van der Waals surface area contributed by atoms with E-state index < -0.39 is 0 Å². The van der Waals surface area contributed by atoms with Gasteiger partial charge in [0, 0.05) is 63.3 Å². The molecule has 33 heavy (non-hydrogen) atoms. The van der Waals surface area contributed by atoms with E-state index in [-0.39, 0.29) is 11.8 Å². The molecule has 0 aromatic carbocycles. The molecule has 0 aliphatic carbocycles. The van der Waals surface area contributed by atoms with Crippen molar-refractivity contribution in [2.75, 3.05) is 46.1 Å². The van der Waals surface area contributed by atoms with Crippen LogP contribution >= 0.6 is 0 Å². The Hall–Kier alpha value is -2.20. The van der Waals surface area contributed by atoms with Crippen LogP contribution in [0.1, 0.15) is 45.9 Å². The third-order valence-electron chi connectivity index (χ3n) is 5.37. The minimum absolute atomic E-state index is 0.0371. The predicted octanol–water partition coefficient (Wildman–Crippen LogP) is 2.09. The van der Waals surface area contributed by atoms with Crippen LogP contribution in [0.5, 0.6) is 0 Å². The van der Waals surface area contributed by atoms with Crippen molar-refractivity contribution in [1.82, 2.24) is 19.4 Å². The number of carbonyl (C=O) groups excluding carboxylic acids is 1. The topological polar surface area (TPSA) is 112 Å². The van der Waals surface area contributed by atoms with E-state index in [0.717, 1.165) is 37.5 Å². The largest absolute Gasteiger partial charge is 0.403 e. The van der Waals surface area contributed by atoms with Crippen LogP contribution in [-0.4, -0.2) is 77.2 Å². The first-order chi connectivity index (χ1) is 15.9. The number of hydrogen-bond donors (Lipinski definition) is 2. The number of Topliss-reactive ketones (excluding diaryl/α,β-unsaturated/α-hetero) is 1. The number of ketones is 1. The normalized spacial score (nSPS) is 12.5. The molecule has 0 fully saturated rings. The molecule has 1 aromatic heterocycles. The molecule has 0 spiro atoms. The van der Waals surface area contributed by atoms with Gasteiger partial charge in [-0.2, -0.15) is 0 Å². The molecule has 1 aromatic rings. The molecule has 0 aliphatic heterocycles. The van der Waals surface area contributed by atoms with Crippen LogP contribution in [0.15, 0.2) is 37.1 Å². The van der Waals surface area contributed by atoms with E-state index in [1.807, 2.05) is 37.3 Å². The standard InChI is InChI=1S/C24H44N6O3/c1-5-32-17-15-29(13-10-25)21(3)19-28(12-8-7-9-23(26)22(4)31)20-24-27-11-14-30(24)16-18-33-6-2/h10-11,13-14,23H,3,5-9,12,15-20,25-26H2,1-2,4H3/b13-10-/t23-/m0/s1. The van der Waals surface area contributed by atoms with Crippen LogP contribution in [0, 0.1) is 0 Å².